The first-order valence-corrected chi connectivity index (χ1v) is 8.38. The smallest absolute Gasteiger partial charge is 0.173 e. The molecule has 1 nitrogen and oxygen atoms in total. The molecule has 112 valence electrons. The first-order valence-electron chi connectivity index (χ1n) is 8.38. The van der Waals surface area contributed by atoms with Crippen molar-refractivity contribution in [2.24, 2.45) is 0 Å². The van der Waals surface area contributed by atoms with E-state index >= 15 is 0 Å². The van der Waals surface area contributed by atoms with E-state index in [0.29, 0.717) is 0 Å². The SMILES string of the molecule is CCCCc1cc[n+](Cc2ccccc2)cc1CCCC. The van der Waals surface area contributed by atoms with Gasteiger partial charge in [-0.3, -0.25) is 0 Å². The van der Waals surface area contributed by atoms with Crippen molar-refractivity contribution < 1.29 is 4.57 Å². The second-order valence-corrected chi connectivity index (χ2v) is 5.86. The largest absolute Gasteiger partial charge is 0.200 e. The molecule has 0 aliphatic heterocycles. The maximum atomic E-state index is 2.37. The maximum Gasteiger partial charge on any atom is 0.173 e. The van der Waals surface area contributed by atoms with E-state index in [1.807, 2.05) is 0 Å². The number of unbranched alkanes of at least 4 members (excludes halogenated alkanes) is 2. The van der Waals surface area contributed by atoms with Crippen LogP contribution < -0.4 is 4.57 Å². The van der Waals surface area contributed by atoms with Crippen molar-refractivity contribution in [3.05, 3.63) is 65.5 Å². The zero-order valence-corrected chi connectivity index (χ0v) is 13.5. The van der Waals surface area contributed by atoms with E-state index < -0.39 is 0 Å². The van der Waals surface area contributed by atoms with Crippen LogP contribution in [0.1, 0.15) is 56.2 Å². The molecule has 2 aromatic rings. The van der Waals surface area contributed by atoms with Crippen LogP contribution in [-0.4, -0.2) is 0 Å². The van der Waals surface area contributed by atoms with E-state index in [9.17, 15) is 0 Å². The fraction of sp³-hybridized carbons (Fsp3) is 0.450. The van der Waals surface area contributed by atoms with Crippen LogP contribution in [0.4, 0.5) is 0 Å². The van der Waals surface area contributed by atoms with Crippen molar-refractivity contribution in [1.82, 2.24) is 0 Å². The summed E-state index contributed by atoms with van der Waals surface area (Å²) in [4.78, 5) is 0. The van der Waals surface area contributed by atoms with E-state index in [-0.39, 0.29) is 0 Å². The van der Waals surface area contributed by atoms with E-state index in [4.69, 9.17) is 0 Å². The lowest BCUT2D eigenvalue weighted by Gasteiger charge is -2.08. The Morgan fingerprint density at radius 1 is 0.810 bits per heavy atom. The molecule has 0 amide bonds. The van der Waals surface area contributed by atoms with Crippen molar-refractivity contribution in [3.63, 3.8) is 0 Å². The number of pyridine rings is 1. The lowest BCUT2D eigenvalue weighted by Crippen LogP contribution is -2.34. The normalized spacial score (nSPS) is 10.8. The summed E-state index contributed by atoms with van der Waals surface area (Å²) in [6.45, 7) is 5.50. The van der Waals surface area contributed by atoms with Crippen molar-refractivity contribution in [2.45, 2.75) is 58.9 Å². The van der Waals surface area contributed by atoms with E-state index in [2.05, 4.69) is 67.2 Å². The van der Waals surface area contributed by atoms with Crippen molar-refractivity contribution in [3.8, 4) is 0 Å². The highest BCUT2D eigenvalue weighted by atomic mass is 14.9. The van der Waals surface area contributed by atoms with Crippen LogP contribution in [0.25, 0.3) is 0 Å². The lowest BCUT2D eigenvalue weighted by atomic mass is 10.00. The number of aromatic nitrogens is 1. The molecule has 0 atom stereocenters. The molecular formula is C20H28N+. The van der Waals surface area contributed by atoms with Gasteiger partial charge < -0.3 is 0 Å². The van der Waals surface area contributed by atoms with Gasteiger partial charge in [-0.15, -0.1) is 0 Å². The van der Waals surface area contributed by atoms with Crippen LogP contribution in [0.3, 0.4) is 0 Å². The summed E-state index contributed by atoms with van der Waals surface area (Å²) in [5, 5.41) is 0. The van der Waals surface area contributed by atoms with Gasteiger partial charge in [-0.25, -0.2) is 4.57 Å². The first kappa shape index (κ1) is 15.8. The molecule has 0 N–H and O–H groups in total. The molecule has 1 heteroatoms. The fourth-order valence-corrected chi connectivity index (χ4v) is 2.71. The molecule has 0 saturated heterocycles. The summed E-state index contributed by atoms with van der Waals surface area (Å²) < 4.78 is 2.33. The zero-order valence-electron chi connectivity index (χ0n) is 13.5. The molecule has 21 heavy (non-hydrogen) atoms. The number of hydrogen-bond acceptors (Lipinski definition) is 0. The van der Waals surface area contributed by atoms with Crippen LogP contribution in [0, 0.1) is 0 Å². The Kier molecular flexibility index (Phi) is 6.46. The summed E-state index contributed by atoms with van der Waals surface area (Å²) >= 11 is 0. The quantitative estimate of drug-likeness (QED) is 0.617. The Morgan fingerprint density at radius 2 is 1.48 bits per heavy atom. The van der Waals surface area contributed by atoms with Gasteiger partial charge in [-0.05, 0) is 31.2 Å². The predicted molar refractivity (Wildman–Crippen MR) is 89.4 cm³/mol. The molecule has 0 aliphatic rings. The van der Waals surface area contributed by atoms with Crippen LogP contribution in [0.5, 0.6) is 0 Å². The maximum absolute atomic E-state index is 2.37. The number of benzene rings is 1. The van der Waals surface area contributed by atoms with E-state index in [1.165, 1.54) is 44.1 Å². The van der Waals surface area contributed by atoms with Crippen molar-refractivity contribution in [2.75, 3.05) is 0 Å². The minimum absolute atomic E-state index is 0.966. The van der Waals surface area contributed by atoms with Crippen LogP contribution in [-0.2, 0) is 19.4 Å². The molecule has 0 radical (unpaired) electrons. The Labute approximate surface area is 129 Å². The third kappa shape index (κ3) is 5.00. The second-order valence-electron chi connectivity index (χ2n) is 5.86. The topological polar surface area (TPSA) is 3.88 Å². The van der Waals surface area contributed by atoms with Gasteiger partial charge in [0.1, 0.15) is 0 Å². The highest BCUT2D eigenvalue weighted by molar-refractivity contribution is 5.22. The average Bonchev–Trinajstić information content (AvgIpc) is 2.53. The molecule has 1 aromatic carbocycles. The molecule has 1 aromatic heterocycles. The Bertz CT molecular complexity index is 531. The van der Waals surface area contributed by atoms with Gasteiger partial charge in [0.05, 0.1) is 0 Å². The molecule has 0 bridgehead atoms. The van der Waals surface area contributed by atoms with E-state index in [1.54, 1.807) is 11.1 Å². The van der Waals surface area contributed by atoms with Gasteiger partial charge in [0.15, 0.2) is 18.9 Å². The minimum atomic E-state index is 0.966. The molecule has 0 spiro atoms. The van der Waals surface area contributed by atoms with Crippen LogP contribution >= 0.6 is 0 Å². The third-order valence-corrected chi connectivity index (χ3v) is 4.01. The second kappa shape index (κ2) is 8.61. The molecule has 0 saturated carbocycles. The van der Waals surface area contributed by atoms with Crippen molar-refractivity contribution in [1.29, 1.82) is 0 Å². The van der Waals surface area contributed by atoms with Gasteiger partial charge in [-0.2, -0.15) is 0 Å². The molecular weight excluding hydrogens is 254 g/mol. The summed E-state index contributed by atoms with van der Waals surface area (Å²) in [6.07, 6.45) is 12.2. The summed E-state index contributed by atoms with van der Waals surface area (Å²) in [5.41, 5.74) is 4.46. The van der Waals surface area contributed by atoms with Crippen molar-refractivity contribution >= 4 is 0 Å². The Morgan fingerprint density at radius 3 is 2.14 bits per heavy atom. The standard InChI is InChI=1S/C20H28N/c1-3-5-12-19-14-15-21(17-20(19)13-6-4-2)16-18-10-8-7-9-11-18/h7-11,14-15,17H,3-6,12-13,16H2,1-2H3/q+1. The fourth-order valence-electron chi connectivity index (χ4n) is 2.71. The average molecular weight is 282 g/mol. The molecule has 1 heterocycles. The van der Waals surface area contributed by atoms with E-state index in [0.717, 1.165) is 6.54 Å². The van der Waals surface area contributed by atoms with Crippen LogP contribution in [0.2, 0.25) is 0 Å². The summed E-state index contributed by atoms with van der Waals surface area (Å²) in [6, 6.07) is 13.0. The molecule has 2 rings (SSSR count). The number of nitrogens with zero attached hydrogens (tertiary/aromatic N) is 1. The third-order valence-electron chi connectivity index (χ3n) is 4.01. The lowest BCUT2D eigenvalue weighted by molar-refractivity contribution is -0.688. The van der Waals surface area contributed by atoms with Gasteiger partial charge in [0, 0.05) is 17.2 Å². The highest BCUT2D eigenvalue weighted by Crippen LogP contribution is 2.13. The zero-order chi connectivity index (χ0) is 14.9. The predicted octanol–water partition coefficient (Wildman–Crippen LogP) is 4.71. The molecule has 0 fully saturated rings. The Balaban J connectivity index is 2.15. The number of hydrogen-bond donors (Lipinski definition) is 0. The highest BCUT2D eigenvalue weighted by Gasteiger charge is 2.09. The minimum Gasteiger partial charge on any atom is -0.200 e. The summed E-state index contributed by atoms with van der Waals surface area (Å²) in [7, 11) is 0. The van der Waals surface area contributed by atoms with Gasteiger partial charge in [0.2, 0.25) is 0 Å². The molecule has 0 aliphatic carbocycles. The monoisotopic (exact) mass is 282 g/mol. The van der Waals surface area contributed by atoms with Gasteiger partial charge in [-0.1, -0.05) is 57.0 Å². The number of rotatable bonds is 8. The van der Waals surface area contributed by atoms with Crippen LogP contribution in [0.15, 0.2) is 48.8 Å². The summed E-state index contributed by atoms with van der Waals surface area (Å²) in [5.74, 6) is 0. The van der Waals surface area contributed by atoms with Gasteiger partial charge in [0.25, 0.3) is 0 Å². The molecule has 0 unspecified atom stereocenters. The Hall–Kier alpha value is -1.63. The number of aryl methyl sites for hydroxylation is 2. The first-order chi connectivity index (χ1) is 10.3. The van der Waals surface area contributed by atoms with Gasteiger partial charge >= 0.3 is 0 Å².